The number of nitrogens with zero attached hydrogens (tertiary/aromatic N) is 1. The quantitative estimate of drug-likeness (QED) is 0.722. The summed E-state index contributed by atoms with van der Waals surface area (Å²) in [4.78, 5) is 14.2. The topological polar surface area (TPSA) is 32.3 Å². The number of rotatable bonds is 5. The third kappa shape index (κ3) is 3.08. The van der Waals surface area contributed by atoms with Crippen LogP contribution in [0.25, 0.3) is 0 Å². The number of hydrogen-bond donors (Lipinski definition) is 1. The Kier molecular flexibility index (Phi) is 5.00. The minimum Gasteiger partial charge on any atom is -0.339 e. The molecular formula is C13H24N2O. The maximum atomic E-state index is 12.2. The number of amides is 1. The van der Waals surface area contributed by atoms with E-state index in [9.17, 15) is 4.79 Å². The van der Waals surface area contributed by atoms with Crippen molar-refractivity contribution >= 4 is 5.91 Å². The lowest BCUT2D eigenvalue weighted by Gasteiger charge is -2.28. The summed E-state index contributed by atoms with van der Waals surface area (Å²) in [5.41, 5.74) is 2.22. The highest BCUT2D eigenvalue weighted by molar-refractivity contribution is 5.94. The molecule has 0 aromatic rings. The molecule has 0 bridgehead atoms. The molecule has 1 unspecified atom stereocenters. The monoisotopic (exact) mass is 224 g/mol. The lowest BCUT2D eigenvalue weighted by molar-refractivity contribution is -0.127. The van der Waals surface area contributed by atoms with E-state index >= 15 is 0 Å². The first-order valence-electron chi connectivity index (χ1n) is 6.28. The van der Waals surface area contributed by atoms with E-state index in [1.165, 1.54) is 5.57 Å². The number of hydrogen-bond acceptors (Lipinski definition) is 2. The molecule has 1 atom stereocenters. The first-order valence-corrected chi connectivity index (χ1v) is 6.28. The Morgan fingerprint density at radius 1 is 1.44 bits per heavy atom. The summed E-state index contributed by atoms with van der Waals surface area (Å²) >= 11 is 0. The van der Waals surface area contributed by atoms with Crippen molar-refractivity contribution in [2.24, 2.45) is 5.92 Å². The molecule has 0 spiro atoms. The molecule has 0 aromatic heterocycles. The van der Waals surface area contributed by atoms with Crippen LogP contribution in [0.1, 0.15) is 34.1 Å². The molecule has 1 aliphatic rings. The Hall–Kier alpha value is -0.830. The summed E-state index contributed by atoms with van der Waals surface area (Å²) in [5.74, 6) is 0.806. The lowest BCUT2D eigenvalue weighted by atomic mass is 10.0. The minimum absolute atomic E-state index is 0.222. The van der Waals surface area contributed by atoms with Gasteiger partial charge in [0.05, 0.1) is 0 Å². The van der Waals surface area contributed by atoms with Gasteiger partial charge in [-0.1, -0.05) is 20.3 Å². The van der Waals surface area contributed by atoms with Crippen LogP contribution in [-0.4, -0.2) is 37.0 Å². The van der Waals surface area contributed by atoms with Crippen molar-refractivity contribution in [2.45, 2.75) is 34.1 Å². The van der Waals surface area contributed by atoms with Crippen LogP contribution in [0.3, 0.4) is 0 Å². The molecule has 0 radical (unpaired) electrons. The van der Waals surface area contributed by atoms with Crippen molar-refractivity contribution < 1.29 is 4.79 Å². The van der Waals surface area contributed by atoms with Crippen molar-refractivity contribution in [2.75, 3.05) is 26.2 Å². The van der Waals surface area contributed by atoms with Crippen LogP contribution in [0.5, 0.6) is 0 Å². The van der Waals surface area contributed by atoms with Crippen LogP contribution in [0.15, 0.2) is 11.1 Å². The smallest absolute Gasteiger partial charge is 0.249 e. The van der Waals surface area contributed by atoms with Crippen molar-refractivity contribution in [3.8, 4) is 0 Å². The molecule has 1 rings (SSSR count). The molecule has 1 fully saturated rings. The van der Waals surface area contributed by atoms with Crippen LogP contribution in [0, 0.1) is 5.92 Å². The molecule has 0 aromatic carbocycles. The maximum absolute atomic E-state index is 12.2. The third-order valence-electron chi connectivity index (χ3n) is 3.43. The van der Waals surface area contributed by atoms with Gasteiger partial charge in [0.15, 0.2) is 0 Å². The van der Waals surface area contributed by atoms with Gasteiger partial charge in [0.1, 0.15) is 0 Å². The molecule has 0 saturated carbocycles. The van der Waals surface area contributed by atoms with Gasteiger partial charge in [-0.3, -0.25) is 4.79 Å². The highest BCUT2D eigenvalue weighted by Gasteiger charge is 2.20. The summed E-state index contributed by atoms with van der Waals surface area (Å²) in [6.45, 7) is 11.8. The Morgan fingerprint density at radius 3 is 2.44 bits per heavy atom. The van der Waals surface area contributed by atoms with E-state index in [1.54, 1.807) is 0 Å². The molecule has 1 heterocycles. The highest BCUT2D eigenvalue weighted by atomic mass is 16.2. The van der Waals surface area contributed by atoms with Gasteiger partial charge in [-0.05, 0) is 25.3 Å². The highest BCUT2D eigenvalue weighted by Crippen LogP contribution is 2.13. The summed E-state index contributed by atoms with van der Waals surface area (Å²) in [6.07, 6.45) is 1.13. The molecule has 1 amide bonds. The van der Waals surface area contributed by atoms with E-state index < -0.39 is 0 Å². The average Bonchev–Trinajstić information content (AvgIpc) is 2.21. The second-order valence-electron chi connectivity index (χ2n) is 4.69. The molecule has 1 saturated heterocycles. The summed E-state index contributed by atoms with van der Waals surface area (Å²) in [7, 11) is 0. The minimum atomic E-state index is 0.222. The maximum Gasteiger partial charge on any atom is 0.249 e. The van der Waals surface area contributed by atoms with E-state index in [4.69, 9.17) is 0 Å². The first-order chi connectivity index (χ1) is 7.60. The molecule has 1 N–H and O–H groups in total. The third-order valence-corrected chi connectivity index (χ3v) is 3.43. The van der Waals surface area contributed by atoms with E-state index in [1.807, 2.05) is 11.8 Å². The summed E-state index contributed by atoms with van der Waals surface area (Å²) < 4.78 is 0. The Morgan fingerprint density at radius 2 is 2.06 bits per heavy atom. The number of likely N-dealkylation sites (N-methyl/N-ethyl adjacent to an activating group) is 1. The second-order valence-corrected chi connectivity index (χ2v) is 4.69. The normalized spacial score (nSPS) is 16.6. The Bertz CT molecular complexity index is 278. The van der Waals surface area contributed by atoms with Gasteiger partial charge in [0.25, 0.3) is 0 Å². The molecule has 1 aliphatic heterocycles. The molecule has 3 nitrogen and oxygen atoms in total. The SMILES string of the molecule is CCC(C)CN(CC)C(=O)C(C)=C1CNC1. The zero-order valence-corrected chi connectivity index (χ0v) is 11.0. The van der Waals surface area contributed by atoms with Gasteiger partial charge in [-0.2, -0.15) is 0 Å². The number of nitrogens with one attached hydrogen (secondary N) is 1. The van der Waals surface area contributed by atoms with Crippen LogP contribution in [0.2, 0.25) is 0 Å². The standard InChI is InChI=1S/C13H24N2O/c1-5-10(3)9-15(6-2)13(16)11(4)12-7-14-8-12/h10,14H,5-9H2,1-4H3. The predicted molar refractivity (Wildman–Crippen MR) is 67.3 cm³/mol. The molecule has 3 heteroatoms. The molecule has 92 valence electrons. The van der Waals surface area contributed by atoms with Crippen molar-refractivity contribution in [3.63, 3.8) is 0 Å². The largest absolute Gasteiger partial charge is 0.339 e. The lowest BCUT2D eigenvalue weighted by Crippen LogP contribution is -2.40. The van der Waals surface area contributed by atoms with Crippen molar-refractivity contribution in [1.29, 1.82) is 0 Å². The molecular weight excluding hydrogens is 200 g/mol. The van der Waals surface area contributed by atoms with Gasteiger partial charge < -0.3 is 10.2 Å². The summed E-state index contributed by atoms with van der Waals surface area (Å²) in [6, 6.07) is 0. The van der Waals surface area contributed by atoms with E-state index in [-0.39, 0.29) is 5.91 Å². The number of carbonyl (C=O) groups excluding carboxylic acids is 1. The van der Waals surface area contributed by atoms with Gasteiger partial charge in [-0.25, -0.2) is 0 Å². The zero-order valence-electron chi connectivity index (χ0n) is 11.0. The fraction of sp³-hybridized carbons (Fsp3) is 0.769. The van der Waals surface area contributed by atoms with Gasteiger partial charge >= 0.3 is 0 Å². The van der Waals surface area contributed by atoms with Crippen LogP contribution < -0.4 is 5.32 Å². The molecule has 0 aliphatic carbocycles. The van der Waals surface area contributed by atoms with E-state index in [2.05, 4.69) is 26.1 Å². The van der Waals surface area contributed by atoms with Crippen LogP contribution in [-0.2, 0) is 4.79 Å². The Labute approximate surface area is 98.9 Å². The van der Waals surface area contributed by atoms with Crippen molar-refractivity contribution in [1.82, 2.24) is 10.2 Å². The zero-order chi connectivity index (χ0) is 12.1. The van der Waals surface area contributed by atoms with Gasteiger partial charge in [0.2, 0.25) is 5.91 Å². The second kappa shape index (κ2) is 6.04. The van der Waals surface area contributed by atoms with Gasteiger partial charge in [-0.15, -0.1) is 0 Å². The van der Waals surface area contributed by atoms with Crippen LogP contribution in [0.4, 0.5) is 0 Å². The fourth-order valence-electron chi connectivity index (χ4n) is 1.76. The summed E-state index contributed by atoms with van der Waals surface area (Å²) in [5, 5.41) is 3.18. The Balaban J connectivity index is 2.62. The van der Waals surface area contributed by atoms with Gasteiger partial charge in [0, 0.05) is 31.8 Å². The fourth-order valence-corrected chi connectivity index (χ4v) is 1.76. The predicted octanol–water partition coefficient (Wildman–Crippen LogP) is 1.80. The first kappa shape index (κ1) is 13.2. The van der Waals surface area contributed by atoms with Crippen molar-refractivity contribution in [3.05, 3.63) is 11.1 Å². The van der Waals surface area contributed by atoms with E-state index in [0.717, 1.165) is 38.2 Å². The number of carbonyl (C=O) groups is 1. The average molecular weight is 224 g/mol. The molecule has 16 heavy (non-hydrogen) atoms. The van der Waals surface area contributed by atoms with Crippen LogP contribution >= 0.6 is 0 Å². The van der Waals surface area contributed by atoms with E-state index in [0.29, 0.717) is 5.92 Å².